The Morgan fingerprint density at radius 3 is 2.67 bits per heavy atom. The van der Waals surface area contributed by atoms with E-state index in [1.807, 2.05) is 6.92 Å². The van der Waals surface area contributed by atoms with Crippen molar-refractivity contribution in [2.75, 3.05) is 11.3 Å². The Balaban J connectivity index is 2.24. The molecule has 0 unspecified atom stereocenters. The van der Waals surface area contributed by atoms with Gasteiger partial charge in [-0.1, -0.05) is 15.9 Å². The maximum atomic E-state index is 13.7. The van der Waals surface area contributed by atoms with Gasteiger partial charge < -0.3 is 4.74 Å². The minimum Gasteiger partial charge on any atom is -0.478 e. The molecule has 1 N–H and O–H groups in total. The van der Waals surface area contributed by atoms with E-state index in [-0.39, 0.29) is 5.69 Å². The number of sulfonamides is 1. The SMILES string of the molecule is CCOc1ccc(NS(=O)(=O)c2ccc(Br)cc2F)cn1. The number of nitrogens with one attached hydrogen (secondary N) is 1. The van der Waals surface area contributed by atoms with Crippen LogP contribution >= 0.6 is 15.9 Å². The lowest BCUT2D eigenvalue weighted by atomic mass is 10.3. The molecule has 0 fully saturated rings. The van der Waals surface area contributed by atoms with E-state index in [0.717, 1.165) is 6.07 Å². The van der Waals surface area contributed by atoms with Gasteiger partial charge in [0.2, 0.25) is 5.88 Å². The van der Waals surface area contributed by atoms with Gasteiger partial charge in [-0.15, -0.1) is 0 Å². The Bertz CT molecular complexity index is 736. The van der Waals surface area contributed by atoms with Gasteiger partial charge in [-0.05, 0) is 31.2 Å². The van der Waals surface area contributed by atoms with Gasteiger partial charge >= 0.3 is 0 Å². The summed E-state index contributed by atoms with van der Waals surface area (Å²) in [5.74, 6) is -0.453. The van der Waals surface area contributed by atoms with Crippen LogP contribution in [0.4, 0.5) is 10.1 Å². The third-order valence-corrected chi connectivity index (χ3v) is 4.37. The van der Waals surface area contributed by atoms with Crippen LogP contribution in [0.2, 0.25) is 0 Å². The number of hydrogen-bond donors (Lipinski definition) is 1. The first-order valence-corrected chi connectivity index (χ1v) is 8.26. The third-order valence-electron chi connectivity index (χ3n) is 2.46. The summed E-state index contributed by atoms with van der Waals surface area (Å²) in [6.07, 6.45) is 1.30. The number of anilines is 1. The fourth-order valence-electron chi connectivity index (χ4n) is 1.58. The molecule has 0 bridgehead atoms. The number of aromatic nitrogens is 1. The Labute approximate surface area is 130 Å². The highest BCUT2D eigenvalue weighted by molar-refractivity contribution is 9.10. The maximum absolute atomic E-state index is 13.7. The van der Waals surface area contributed by atoms with Gasteiger partial charge in [0.25, 0.3) is 10.0 Å². The van der Waals surface area contributed by atoms with E-state index in [9.17, 15) is 12.8 Å². The molecule has 0 saturated carbocycles. The zero-order chi connectivity index (χ0) is 15.5. The zero-order valence-electron chi connectivity index (χ0n) is 11.0. The van der Waals surface area contributed by atoms with E-state index < -0.39 is 20.7 Å². The van der Waals surface area contributed by atoms with Crippen molar-refractivity contribution >= 4 is 31.6 Å². The van der Waals surface area contributed by atoms with Crippen LogP contribution in [-0.4, -0.2) is 20.0 Å². The van der Waals surface area contributed by atoms with Crippen LogP contribution < -0.4 is 9.46 Å². The molecule has 0 aliphatic carbocycles. The molecule has 8 heteroatoms. The normalized spacial score (nSPS) is 11.2. The van der Waals surface area contributed by atoms with Crippen LogP contribution in [0.25, 0.3) is 0 Å². The molecular weight excluding hydrogens is 363 g/mol. The zero-order valence-corrected chi connectivity index (χ0v) is 13.4. The van der Waals surface area contributed by atoms with Crippen molar-refractivity contribution < 1.29 is 17.5 Å². The number of nitrogens with zero attached hydrogens (tertiary/aromatic N) is 1. The second-order valence-electron chi connectivity index (χ2n) is 4.00. The summed E-state index contributed by atoms with van der Waals surface area (Å²) in [5.41, 5.74) is 0.223. The number of ether oxygens (including phenoxy) is 1. The van der Waals surface area contributed by atoms with Crippen LogP contribution in [0.15, 0.2) is 45.9 Å². The van der Waals surface area contributed by atoms with Crippen LogP contribution in [0.5, 0.6) is 5.88 Å². The molecule has 2 aromatic rings. The van der Waals surface area contributed by atoms with Crippen molar-refractivity contribution in [1.29, 1.82) is 0 Å². The molecule has 0 aliphatic rings. The van der Waals surface area contributed by atoms with E-state index in [4.69, 9.17) is 4.74 Å². The minimum atomic E-state index is -4.01. The van der Waals surface area contributed by atoms with Gasteiger partial charge in [0.15, 0.2) is 0 Å². The van der Waals surface area contributed by atoms with Gasteiger partial charge in [-0.25, -0.2) is 17.8 Å². The molecule has 0 amide bonds. The first-order valence-electron chi connectivity index (χ1n) is 5.99. The predicted octanol–water partition coefficient (Wildman–Crippen LogP) is 3.18. The molecule has 2 rings (SSSR count). The first kappa shape index (κ1) is 15.7. The van der Waals surface area contributed by atoms with Crippen molar-refractivity contribution in [2.45, 2.75) is 11.8 Å². The number of hydrogen-bond acceptors (Lipinski definition) is 4. The Morgan fingerprint density at radius 2 is 2.10 bits per heavy atom. The van der Waals surface area contributed by atoms with Gasteiger partial charge in [-0.2, -0.15) is 0 Å². The molecule has 1 heterocycles. The Morgan fingerprint density at radius 1 is 1.33 bits per heavy atom. The lowest BCUT2D eigenvalue weighted by molar-refractivity contribution is 0.327. The van der Waals surface area contributed by atoms with Crippen molar-refractivity contribution in [2.24, 2.45) is 0 Å². The van der Waals surface area contributed by atoms with Crippen LogP contribution in [-0.2, 0) is 10.0 Å². The molecule has 112 valence electrons. The molecule has 0 atom stereocenters. The van der Waals surface area contributed by atoms with E-state index in [2.05, 4.69) is 25.6 Å². The number of benzene rings is 1. The summed E-state index contributed by atoms with van der Waals surface area (Å²) in [7, 11) is -4.01. The molecule has 21 heavy (non-hydrogen) atoms. The molecule has 1 aromatic heterocycles. The van der Waals surface area contributed by atoms with E-state index in [1.54, 1.807) is 0 Å². The van der Waals surface area contributed by atoms with Crippen LogP contribution in [0.3, 0.4) is 0 Å². The van der Waals surface area contributed by atoms with Crippen LogP contribution in [0.1, 0.15) is 6.92 Å². The van der Waals surface area contributed by atoms with Gasteiger partial charge in [0.1, 0.15) is 10.7 Å². The highest BCUT2D eigenvalue weighted by Crippen LogP contribution is 2.22. The third kappa shape index (κ3) is 3.92. The predicted molar refractivity (Wildman–Crippen MR) is 80.3 cm³/mol. The molecule has 0 spiro atoms. The number of halogens is 2. The smallest absolute Gasteiger partial charge is 0.264 e. The Hall–Kier alpha value is -1.67. The monoisotopic (exact) mass is 374 g/mol. The quantitative estimate of drug-likeness (QED) is 0.872. The van der Waals surface area contributed by atoms with Crippen LogP contribution in [0, 0.1) is 5.82 Å². The summed E-state index contributed by atoms with van der Waals surface area (Å²) in [6, 6.07) is 6.74. The molecule has 1 aromatic carbocycles. The largest absolute Gasteiger partial charge is 0.478 e. The van der Waals surface area contributed by atoms with Gasteiger partial charge in [0.05, 0.1) is 18.5 Å². The number of pyridine rings is 1. The van der Waals surface area contributed by atoms with Gasteiger partial charge in [-0.3, -0.25) is 4.72 Å². The molecule has 0 radical (unpaired) electrons. The summed E-state index contributed by atoms with van der Waals surface area (Å²) in [6.45, 7) is 2.27. The average Bonchev–Trinajstić information content (AvgIpc) is 2.40. The highest BCUT2D eigenvalue weighted by Gasteiger charge is 2.19. The molecule has 0 saturated heterocycles. The topological polar surface area (TPSA) is 68.3 Å². The van der Waals surface area contributed by atoms with E-state index >= 15 is 0 Å². The first-order chi connectivity index (χ1) is 9.92. The second-order valence-corrected chi connectivity index (χ2v) is 6.56. The van der Waals surface area contributed by atoms with Crippen molar-refractivity contribution in [3.63, 3.8) is 0 Å². The maximum Gasteiger partial charge on any atom is 0.264 e. The fourth-order valence-corrected chi connectivity index (χ4v) is 3.01. The summed E-state index contributed by atoms with van der Waals surface area (Å²) in [5, 5.41) is 0. The second kappa shape index (κ2) is 6.40. The fraction of sp³-hybridized carbons (Fsp3) is 0.154. The Kier molecular flexibility index (Phi) is 4.79. The molecule has 5 nitrogen and oxygen atoms in total. The van der Waals surface area contributed by atoms with E-state index in [1.165, 1.54) is 30.5 Å². The van der Waals surface area contributed by atoms with Crippen molar-refractivity contribution in [1.82, 2.24) is 4.98 Å². The number of rotatable bonds is 5. The lowest BCUT2D eigenvalue weighted by Crippen LogP contribution is -2.14. The summed E-state index contributed by atoms with van der Waals surface area (Å²) < 4.78 is 45.8. The average molecular weight is 375 g/mol. The molecular formula is C13H12BrFN2O3S. The van der Waals surface area contributed by atoms with Gasteiger partial charge in [0, 0.05) is 10.5 Å². The summed E-state index contributed by atoms with van der Waals surface area (Å²) in [4.78, 5) is 3.50. The van der Waals surface area contributed by atoms with Crippen molar-refractivity contribution in [3.8, 4) is 5.88 Å². The molecule has 0 aliphatic heterocycles. The standard InChI is InChI=1S/C13H12BrFN2O3S/c1-2-20-13-6-4-10(8-16-13)17-21(18,19)12-5-3-9(14)7-11(12)15/h3-8,17H,2H2,1H3. The van der Waals surface area contributed by atoms with E-state index in [0.29, 0.717) is 17.0 Å². The summed E-state index contributed by atoms with van der Waals surface area (Å²) >= 11 is 3.07. The minimum absolute atomic E-state index is 0.223. The highest BCUT2D eigenvalue weighted by atomic mass is 79.9. The lowest BCUT2D eigenvalue weighted by Gasteiger charge is -2.09. The van der Waals surface area contributed by atoms with Crippen molar-refractivity contribution in [3.05, 3.63) is 46.8 Å².